The van der Waals surface area contributed by atoms with Crippen LogP contribution in [0.25, 0.3) is 0 Å². The summed E-state index contributed by atoms with van der Waals surface area (Å²) in [4.78, 5) is 8.43. The van der Waals surface area contributed by atoms with Gasteiger partial charge >= 0.3 is 0 Å². The molecule has 0 fully saturated rings. The molecule has 0 unspecified atom stereocenters. The summed E-state index contributed by atoms with van der Waals surface area (Å²) in [6.45, 7) is 1.93. The molecule has 5 heteroatoms. The summed E-state index contributed by atoms with van der Waals surface area (Å²) in [6.07, 6.45) is 1.75. The van der Waals surface area contributed by atoms with Crippen LogP contribution >= 0.6 is 24.2 Å². The maximum absolute atomic E-state index is 12.7. The van der Waals surface area contributed by atoms with Gasteiger partial charge in [-0.1, -0.05) is 23.9 Å². The summed E-state index contributed by atoms with van der Waals surface area (Å²) in [5, 5.41) is 0.754. The maximum Gasteiger partial charge on any atom is 0.188 e. The molecule has 0 saturated carbocycles. The van der Waals surface area contributed by atoms with E-state index in [4.69, 9.17) is 0 Å². The molecule has 90 valence electrons. The molecular formula is C12H12ClFN2S. The zero-order valence-electron chi connectivity index (χ0n) is 9.26. The first-order valence-electron chi connectivity index (χ1n) is 4.91. The van der Waals surface area contributed by atoms with Crippen molar-refractivity contribution in [2.45, 2.75) is 17.8 Å². The Morgan fingerprint density at radius 2 is 1.88 bits per heavy atom. The lowest BCUT2D eigenvalue weighted by Crippen LogP contribution is -1.89. The minimum Gasteiger partial charge on any atom is -0.231 e. The van der Waals surface area contributed by atoms with Crippen molar-refractivity contribution in [3.05, 3.63) is 53.6 Å². The van der Waals surface area contributed by atoms with Crippen LogP contribution < -0.4 is 0 Å². The van der Waals surface area contributed by atoms with Crippen LogP contribution in [-0.2, 0) is 5.75 Å². The Hall–Kier alpha value is -1.13. The van der Waals surface area contributed by atoms with Crippen LogP contribution in [0.1, 0.15) is 11.3 Å². The van der Waals surface area contributed by atoms with Gasteiger partial charge in [-0.3, -0.25) is 0 Å². The van der Waals surface area contributed by atoms with Gasteiger partial charge in [-0.2, -0.15) is 0 Å². The van der Waals surface area contributed by atoms with Gasteiger partial charge in [0, 0.05) is 17.6 Å². The van der Waals surface area contributed by atoms with Gasteiger partial charge in [-0.25, -0.2) is 14.4 Å². The van der Waals surface area contributed by atoms with E-state index in [1.807, 2.05) is 13.0 Å². The van der Waals surface area contributed by atoms with E-state index in [1.54, 1.807) is 30.1 Å². The number of aromatic nitrogens is 2. The highest BCUT2D eigenvalue weighted by atomic mass is 35.5. The van der Waals surface area contributed by atoms with E-state index in [-0.39, 0.29) is 18.2 Å². The molecule has 0 spiro atoms. The number of hydrogen-bond donors (Lipinski definition) is 0. The van der Waals surface area contributed by atoms with Crippen LogP contribution in [-0.4, -0.2) is 9.97 Å². The van der Waals surface area contributed by atoms with Gasteiger partial charge in [0.05, 0.1) is 0 Å². The predicted octanol–water partition coefficient (Wildman–Crippen LogP) is 3.64. The van der Waals surface area contributed by atoms with Crippen LogP contribution in [0.4, 0.5) is 4.39 Å². The molecule has 0 aliphatic carbocycles. The van der Waals surface area contributed by atoms with Crippen LogP contribution in [0.3, 0.4) is 0 Å². The third-order valence-electron chi connectivity index (χ3n) is 2.05. The summed E-state index contributed by atoms with van der Waals surface area (Å²) >= 11 is 1.55. The average Bonchev–Trinajstić information content (AvgIpc) is 2.28. The van der Waals surface area contributed by atoms with Gasteiger partial charge in [0.1, 0.15) is 5.82 Å². The number of aryl methyl sites for hydroxylation is 1. The second kappa shape index (κ2) is 6.57. The van der Waals surface area contributed by atoms with Crippen LogP contribution in [0.2, 0.25) is 0 Å². The minimum atomic E-state index is -0.208. The molecule has 2 nitrogen and oxygen atoms in total. The Morgan fingerprint density at radius 3 is 2.53 bits per heavy atom. The summed E-state index contributed by atoms with van der Waals surface area (Å²) in [6, 6.07) is 8.35. The summed E-state index contributed by atoms with van der Waals surface area (Å²) < 4.78 is 12.7. The number of thioether (sulfide) groups is 1. The molecule has 1 heterocycles. The molecule has 0 radical (unpaired) electrons. The standard InChI is InChI=1S/C12H11FN2S.ClH/c1-9-6-7-14-12(15-9)16-8-10-2-4-11(13)5-3-10;/h2-7H,8H2,1H3;1H. The van der Waals surface area contributed by atoms with E-state index in [0.29, 0.717) is 0 Å². The first-order chi connectivity index (χ1) is 7.74. The Balaban J connectivity index is 0.00000144. The van der Waals surface area contributed by atoms with Gasteiger partial charge in [-0.15, -0.1) is 12.4 Å². The highest BCUT2D eigenvalue weighted by molar-refractivity contribution is 7.98. The normalized spacial score (nSPS) is 9.76. The fraction of sp³-hybridized carbons (Fsp3) is 0.167. The van der Waals surface area contributed by atoms with Crippen molar-refractivity contribution in [1.82, 2.24) is 9.97 Å². The lowest BCUT2D eigenvalue weighted by Gasteiger charge is -2.01. The highest BCUT2D eigenvalue weighted by Crippen LogP contribution is 2.18. The molecule has 1 aromatic carbocycles. The van der Waals surface area contributed by atoms with Crippen LogP contribution in [0, 0.1) is 12.7 Å². The Kier molecular flexibility index (Phi) is 5.38. The van der Waals surface area contributed by atoms with Crippen molar-refractivity contribution < 1.29 is 4.39 Å². The van der Waals surface area contributed by atoms with E-state index in [1.165, 1.54) is 12.1 Å². The minimum absolute atomic E-state index is 0. The molecule has 0 bridgehead atoms. The molecule has 1 aromatic heterocycles. The molecule has 0 aliphatic rings. The second-order valence-electron chi connectivity index (χ2n) is 3.40. The Bertz CT molecular complexity index is 476. The van der Waals surface area contributed by atoms with Crippen molar-refractivity contribution in [3.63, 3.8) is 0 Å². The molecule has 0 saturated heterocycles. The SMILES string of the molecule is Cc1ccnc(SCc2ccc(F)cc2)n1.Cl. The fourth-order valence-electron chi connectivity index (χ4n) is 1.22. The van der Waals surface area contributed by atoms with Crippen LogP contribution in [0.5, 0.6) is 0 Å². The maximum atomic E-state index is 12.7. The number of benzene rings is 1. The summed E-state index contributed by atoms with van der Waals surface area (Å²) in [7, 11) is 0. The Morgan fingerprint density at radius 1 is 1.18 bits per heavy atom. The average molecular weight is 271 g/mol. The monoisotopic (exact) mass is 270 g/mol. The largest absolute Gasteiger partial charge is 0.231 e. The second-order valence-corrected chi connectivity index (χ2v) is 4.34. The summed E-state index contributed by atoms with van der Waals surface area (Å²) in [5.74, 6) is 0.546. The quantitative estimate of drug-likeness (QED) is 0.629. The first-order valence-corrected chi connectivity index (χ1v) is 5.89. The van der Waals surface area contributed by atoms with Gasteiger partial charge in [-0.05, 0) is 30.7 Å². The molecule has 0 amide bonds. The number of halogens is 2. The van der Waals surface area contributed by atoms with Crippen LogP contribution in [0.15, 0.2) is 41.7 Å². The topological polar surface area (TPSA) is 25.8 Å². The highest BCUT2D eigenvalue weighted by Gasteiger charge is 1.99. The number of hydrogen-bond acceptors (Lipinski definition) is 3. The van der Waals surface area contributed by atoms with Gasteiger partial charge in [0.2, 0.25) is 0 Å². The molecule has 2 rings (SSSR count). The van der Waals surface area contributed by atoms with E-state index < -0.39 is 0 Å². The number of rotatable bonds is 3. The van der Waals surface area contributed by atoms with Gasteiger partial charge in [0.25, 0.3) is 0 Å². The Labute approximate surface area is 110 Å². The first kappa shape index (κ1) is 13.9. The predicted molar refractivity (Wildman–Crippen MR) is 70.0 cm³/mol. The molecule has 17 heavy (non-hydrogen) atoms. The molecule has 0 aliphatic heterocycles. The van der Waals surface area contributed by atoms with E-state index in [0.717, 1.165) is 22.2 Å². The zero-order valence-corrected chi connectivity index (χ0v) is 10.9. The molecule has 0 N–H and O–H groups in total. The van der Waals surface area contributed by atoms with Crippen molar-refractivity contribution in [3.8, 4) is 0 Å². The van der Waals surface area contributed by atoms with E-state index in [2.05, 4.69) is 9.97 Å². The van der Waals surface area contributed by atoms with Crippen molar-refractivity contribution >= 4 is 24.2 Å². The van der Waals surface area contributed by atoms with Crippen molar-refractivity contribution in [2.75, 3.05) is 0 Å². The van der Waals surface area contributed by atoms with Crippen molar-refractivity contribution in [1.29, 1.82) is 0 Å². The van der Waals surface area contributed by atoms with E-state index in [9.17, 15) is 4.39 Å². The van der Waals surface area contributed by atoms with Gasteiger partial charge < -0.3 is 0 Å². The fourth-order valence-corrected chi connectivity index (χ4v) is 2.06. The lowest BCUT2D eigenvalue weighted by atomic mass is 10.2. The third kappa shape index (κ3) is 4.32. The van der Waals surface area contributed by atoms with E-state index >= 15 is 0 Å². The molecule has 0 atom stereocenters. The molecule has 2 aromatic rings. The lowest BCUT2D eigenvalue weighted by molar-refractivity contribution is 0.627. The smallest absolute Gasteiger partial charge is 0.188 e. The van der Waals surface area contributed by atoms with Crippen molar-refractivity contribution in [2.24, 2.45) is 0 Å². The zero-order chi connectivity index (χ0) is 11.4. The number of nitrogens with zero attached hydrogens (tertiary/aromatic N) is 2. The van der Waals surface area contributed by atoms with Gasteiger partial charge in [0.15, 0.2) is 5.16 Å². The molecular weight excluding hydrogens is 259 g/mol. The summed E-state index contributed by atoms with van der Waals surface area (Å²) in [5.41, 5.74) is 2.02. The third-order valence-corrected chi connectivity index (χ3v) is 2.99.